The quantitative estimate of drug-likeness (QED) is 0.697. The topological polar surface area (TPSA) is 68.1 Å². The van der Waals surface area contributed by atoms with E-state index >= 15 is 0 Å². The molecule has 0 radical (unpaired) electrons. The van der Waals surface area contributed by atoms with Crippen molar-refractivity contribution in [3.8, 4) is 11.1 Å². The zero-order valence-corrected chi connectivity index (χ0v) is 15.8. The van der Waals surface area contributed by atoms with Crippen molar-refractivity contribution in [1.29, 1.82) is 0 Å². The Morgan fingerprint density at radius 2 is 2.04 bits per heavy atom. The second kappa shape index (κ2) is 6.00. The van der Waals surface area contributed by atoms with E-state index in [1.807, 2.05) is 49.9 Å². The maximum atomic E-state index is 13.1. The minimum Gasteiger partial charge on any atom is -0.297 e. The maximum Gasteiger partial charge on any atom is 0.183 e. The highest BCUT2D eigenvalue weighted by Crippen LogP contribution is 2.46. The summed E-state index contributed by atoms with van der Waals surface area (Å²) in [6.45, 7) is 2.05. The number of fused-ring (bicyclic) bond motifs is 3. The van der Waals surface area contributed by atoms with Crippen LogP contribution in [0.1, 0.15) is 17.0 Å². The molecule has 1 aromatic carbocycles. The predicted octanol–water partition coefficient (Wildman–Crippen LogP) is 2.24. The van der Waals surface area contributed by atoms with Crippen molar-refractivity contribution >= 4 is 9.84 Å². The van der Waals surface area contributed by atoms with Crippen LogP contribution in [0.4, 0.5) is 0 Å². The number of likely N-dealkylation sites (tertiary alicyclic amines) is 1. The lowest BCUT2D eigenvalue weighted by molar-refractivity contribution is 0.325. The van der Waals surface area contributed by atoms with Gasteiger partial charge in [-0.3, -0.25) is 14.6 Å². The fraction of sp³-hybridized carbons (Fsp3) is 0.300. The second-order valence-corrected chi connectivity index (χ2v) is 9.54. The van der Waals surface area contributed by atoms with Gasteiger partial charge in [0.05, 0.1) is 16.3 Å². The van der Waals surface area contributed by atoms with Gasteiger partial charge in [-0.05, 0) is 34.9 Å². The molecule has 138 valence electrons. The van der Waals surface area contributed by atoms with Gasteiger partial charge in [0.25, 0.3) is 0 Å². The van der Waals surface area contributed by atoms with Gasteiger partial charge in [-0.2, -0.15) is 5.10 Å². The van der Waals surface area contributed by atoms with Crippen molar-refractivity contribution in [2.75, 3.05) is 13.1 Å². The van der Waals surface area contributed by atoms with E-state index in [1.165, 1.54) is 0 Å². The standard InChI is InChI=1S/C20H20N4O2S/c1-23-11-16(9-22-23)15-4-5-19-17(7-15)18-12-24(13-20(18)27(19,25)26)10-14-3-2-6-21-8-14/h2-9,11,18,20H,10,12-13H2,1H3. The Morgan fingerprint density at radius 3 is 2.78 bits per heavy atom. The molecule has 3 aromatic rings. The van der Waals surface area contributed by atoms with Crippen LogP contribution in [0.25, 0.3) is 11.1 Å². The van der Waals surface area contributed by atoms with Crippen LogP contribution < -0.4 is 0 Å². The number of sulfone groups is 1. The van der Waals surface area contributed by atoms with Crippen LogP contribution in [-0.2, 0) is 23.4 Å². The normalized spacial score (nSPS) is 23.3. The van der Waals surface area contributed by atoms with E-state index in [0.29, 0.717) is 11.4 Å². The summed E-state index contributed by atoms with van der Waals surface area (Å²) >= 11 is 0. The third-order valence-electron chi connectivity index (χ3n) is 5.62. The molecule has 2 aliphatic heterocycles. The van der Waals surface area contributed by atoms with Crippen LogP contribution in [-0.4, -0.2) is 46.4 Å². The van der Waals surface area contributed by atoms with E-state index in [2.05, 4.69) is 15.0 Å². The number of pyridine rings is 1. The van der Waals surface area contributed by atoms with Gasteiger partial charge < -0.3 is 0 Å². The minimum atomic E-state index is -3.28. The molecule has 0 spiro atoms. The third kappa shape index (κ3) is 2.69. The number of aromatic nitrogens is 3. The SMILES string of the molecule is Cn1cc(-c2ccc3c(c2)C2CN(Cc4cccnc4)CC2S3(=O)=O)cn1. The van der Waals surface area contributed by atoms with Gasteiger partial charge in [-0.25, -0.2) is 8.42 Å². The Bertz CT molecular complexity index is 1110. The monoisotopic (exact) mass is 380 g/mol. The van der Waals surface area contributed by atoms with Crippen molar-refractivity contribution in [3.63, 3.8) is 0 Å². The molecule has 2 aromatic heterocycles. The minimum absolute atomic E-state index is 0.0262. The Kier molecular flexibility index (Phi) is 3.70. The van der Waals surface area contributed by atoms with Gasteiger partial charge in [0.2, 0.25) is 0 Å². The van der Waals surface area contributed by atoms with Crippen LogP contribution in [0, 0.1) is 0 Å². The molecule has 4 heterocycles. The lowest BCUT2D eigenvalue weighted by Gasteiger charge is -2.17. The van der Waals surface area contributed by atoms with E-state index in [9.17, 15) is 8.42 Å². The molecule has 27 heavy (non-hydrogen) atoms. The summed E-state index contributed by atoms with van der Waals surface area (Å²) in [6, 6.07) is 9.66. The smallest absolute Gasteiger partial charge is 0.183 e. The number of nitrogens with zero attached hydrogens (tertiary/aromatic N) is 4. The zero-order valence-electron chi connectivity index (χ0n) is 15.0. The van der Waals surface area contributed by atoms with Crippen molar-refractivity contribution in [2.24, 2.45) is 7.05 Å². The maximum absolute atomic E-state index is 13.1. The summed E-state index contributed by atoms with van der Waals surface area (Å²) in [4.78, 5) is 6.89. The molecule has 6 nitrogen and oxygen atoms in total. The van der Waals surface area contributed by atoms with Gasteiger partial charge in [0.1, 0.15) is 0 Å². The molecule has 0 bridgehead atoms. The van der Waals surface area contributed by atoms with Gasteiger partial charge in [-0.15, -0.1) is 0 Å². The predicted molar refractivity (Wildman–Crippen MR) is 102 cm³/mol. The summed E-state index contributed by atoms with van der Waals surface area (Å²) in [5.41, 5.74) is 4.09. The number of hydrogen-bond acceptors (Lipinski definition) is 5. The van der Waals surface area contributed by atoms with Crippen LogP contribution in [0.2, 0.25) is 0 Å². The number of aryl methyl sites for hydroxylation is 1. The van der Waals surface area contributed by atoms with Crippen LogP contribution >= 0.6 is 0 Å². The molecule has 0 saturated carbocycles. The summed E-state index contributed by atoms with van der Waals surface area (Å²) in [5.74, 6) is 0.0262. The van der Waals surface area contributed by atoms with Crippen molar-refractivity contribution in [2.45, 2.75) is 22.6 Å². The molecule has 0 aliphatic carbocycles. The van der Waals surface area contributed by atoms with Gasteiger partial charge in [0, 0.05) is 56.8 Å². The molecular formula is C20H20N4O2S. The Balaban J connectivity index is 1.48. The fourth-order valence-electron chi connectivity index (χ4n) is 4.35. The number of hydrogen-bond donors (Lipinski definition) is 0. The summed E-state index contributed by atoms with van der Waals surface area (Å²) in [6.07, 6.45) is 7.36. The molecule has 1 fully saturated rings. The first-order valence-electron chi connectivity index (χ1n) is 9.00. The molecule has 1 saturated heterocycles. The van der Waals surface area contributed by atoms with E-state index in [-0.39, 0.29) is 11.2 Å². The Hall–Kier alpha value is -2.51. The largest absolute Gasteiger partial charge is 0.297 e. The zero-order chi connectivity index (χ0) is 18.6. The Labute approximate surface area is 158 Å². The summed E-state index contributed by atoms with van der Waals surface area (Å²) in [5, 5.41) is 3.87. The number of rotatable bonds is 3. The van der Waals surface area contributed by atoms with Crippen LogP contribution in [0.3, 0.4) is 0 Å². The van der Waals surface area contributed by atoms with Gasteiger partial charge >= 0.3 is 0 Å². The average Bonchev–Trinajstić information content (AvgIpc) is 3.33. The van der Waals surface area contributed by atoms with Crippen LogP contribution in [0.5, 0.6) is 0 Å². The highest BCUT2D eigenvalue weighted by atomic mass is 32.2. The lowest BCUT2D eigenvalue weighted by Crippen LogP contribution is -2.25. The molecule has 0 amide bonds. The molecule has 5 rings (SSSR count). The number of benzene rings is 1. The third-order valence-corrected chi connectivity index (χ3v) is 7.88. The average molecular weight is 380 g/mol. The van der Waals surface area contributed by atoms with E-state index in [0.717, 1.165) is 35.3 Å². The second-order valence-electron chi connectivity index (χ2n) is 7.40. The molecule has 2 unspecified atom stereocenters. The van der Waals surface area contributed by atoms with Crippen molar-refractivity contribution in [3.05, 3.63) is 66.2 Å². The first-order chi connectivity index (χ1) is 13.0. The Morgan fingerprint density at radius 1 is 1.15 bits per heavy atom. The van der Waals surface area contributed by atoms with E-state index in [4.69, 9.17) is 0 Å². The van der Waals surface area contributed by atoms with E-state index < -0.39 is 9.84 Å². The fourth-order valence-corrected chi connectivity index (χ4v) is 6.55. The molecular weight excluding hydrogens is 360 g/mol. The first kappa shape index (κ1) is 16.6. The van der Waals surface area contributed by atoms with Crippen molar-refractivity contribution < 1.29 is 8.42 Å². The van der Waals surface area contributed by atoms with Crippen LogP contribution in [0.15, 0.2) is 60.0 Å². The first-order valence-corrected chi connectivity index (χ1v) is 10.5. The summed E-state index contributed by atoms with van der Waals surface area (Å²) in [7, 11) is -1.40. The molecule has 0 N–H and O–H groups in total. The van der Waals surface area contributed by atoms with Gasteiger partial charge in [-0.1, -0.05) is 12.1 Å². The highest BCUT2D eigenvalue weighted by Gasteiger charge is 2.50. The molecule has 2 aliphatic rings. The molecule has 2 atom stereocenters. The van der Waals surface area contributed by atoms with E-state index in [1.54, 1.807) is 16.9 Å². The lowest BCUT2D eigenvalue weighted by atomic mass is 9.95. The highest BCUT2D eigenvalue weighted by molar-refractivity contribution is 7.92. The molecule has 7 heteroatoms. The van der Waals surface area contributed by atoms with Gasteiger partial charge in [0.15, 0.2) is 9.84 Å². The van der Waals surface area contributed by atoms with Crippen molar-refractivity contribution in [1.82, 2.24) is 19.7 Å². The summed E-state index contributed by atoms with van der Waals surface area (Å²) < 4.78 is 27.9.